The van der Waals surface area contributed by atoms with Crippen molar-refractivity contribution in [3.05, 3.63) is 65.5 Å². The molecule has 4 rings (SSSR count). The van der Waals surface area contributed by atoms with Crippen molar-refractivity contribution in [2.45, 2.75) is 18.9 Å². The number of carbonyl (C=O) groups excluding carboxylic acids is 3. The molecule has 2 atom stereocenters. The van der Waals surface area contributed by atoms with Gasteiger partial charge in [0.05, 0.1) is 12.0 Å². The monoisotopic (exact) mass is 414 g/mol. The highest BCUT2D eigenvalue weighted by Crippen LogP contribution is 2.24. The summed E-state index contributed by atoms with van der Waals surface area (Å²) in [5, 5.41) is 5.67. The van der Waals surface area contributed by atoms with Crippen LogP contribution in [0.3, 0.4) is 0 Å². The van der Waals surface area contributed by atoms with E-state index in [-0.39, 0.29) is 48.5 Å². The number of nitrogens with zero attached hydrogens (tertiary/aromatic N) is 2. The minimum absolute atomic E-state index is 0. The zero-order valence-corrected chi connectivity index (χ0v) is 16.7. The summed E-state index contributed by atoms with van der Waals surface area (Å²) >= 11 is 0. The number of imide groups is 1. The van der Waals surface area contributed by atoms with Crippen molar-refractivity contribution < 1.29 is 14.4 Å². The number of piperazine rings is 1. The molecule has 8 heteroatoms. The summed E-state index contributed by atoms with van der Waals surface area (Å²) in [7, 11) is 0. The third kappa shape index (κ3) is 4.63. The summed E-state index contributed by atoms with van der Waals surface area (Å²) in [6.07, 6.45) is 4.25. The number of halogens is 1. The molecule has 0 spiro atoms. The number of pyridine rings is 1. The van der Waals surface area contributed by atoms with E-state index in [1.807, 2.05) is 29.2 Å². The molecule has 1 aromatic carbocycles. The van der Waals surface area contributed by atoms with Gasteiger partial charge in [0.1, 0.15) is 0 Å². The van der Waals surface area contributed by atoms with Crippen molar-refractivity contribution in [1.29, 1.82) is 0 Å². The van der Waals surface area contributed by atoms with Crippen LogP contribution in [0.15, 0.2) is 48.8 Å². The Bertz CT molecular complexity index is 889. The largest absolute Gasteiger partial charge is 0.329 e. The van der Waals surface area contributed by atoms with Gasteiger partial charge < -0.3 is 10.2 Å². The Kier molecular flexibility index (Phi) is 6.61. The maximum absolute atomic E-state index is 13.1. The van der Waals surface area contributed by atoms with E-state index < -0.39 is 0 Å². The highest BCUT2D eigenvalue weighted by atomic mass is 35.5. The zero-order valence-electron chi connectivity index (χ0n) is 15.8. The van der Waals surface area contributed by atoms with E-state index in [0.717, 1.165) is 17.7 Å². The molecular weight excluding hydrogens is 392 g/mol. The van der Waals surface area contributed by atoms with Crippen molar-refractivity contribution in [2.24, 2.45) is 5.92 Å². The Labute approximate surface area is 175 Å². The number of nitrogens with one attached hydrogen (secondary N) is 2. The third-order valence-electron chi connectivity index (χ3n) is 5.32. The van der Waals surface area contributed by atoms with Crippen LogP contribution in [0.4, 0.5) is 0 Å². The second kappa shape index (κ2) is 9.15. The summed E-state index contributed by atoms with van der Waals surface area (Å²) < 4.78 is 0. The normalized spacial score (nSPS) is 21.4. The number of amides is 3. The summed E-state index contributed by atoms with van der Waals surface area (Å²) in [4.78, 5) is 42.2. The molecule has 2 unspecified atom stereocenters. The minimum Gasteiger partial charge on any atom is -0.329 e. The Balaban J connectivity index is 0.00000240. The highest BCUT2D eigenvalue weighted by Gasteiger charge is 2.31. The molecule has 152 valence electrons. The molecule has 2 aliphatic heterocycles. The highest BCUT2D eigenvalue weighted by molar-refractivity contribution is 6.03. The molecule has 3 amide bonds. The maximum Gasteiger partial charge on any atom is 0.254 e. The van der Waals surface area contributed by atoms with E-state index in [1.165, 1.54) is 0 Å². The van der Waals surface area contributed by atoms with Crippen LogP contribution in [0.1, 0.15) is 33.9 Å². The van der Waals surface area contributed by atoms with Gasteiger partial charge in [-0.2, -0.15) is 0 Å². The van der Waals surface area contributed by atoms with Crippen LogP contribution in [-0.2, 0) is 16.0 Å². The van der Waals surface area contributed by atoms with Gasteiger partial charge in [0.15, 0.2) is 0 Å². The number of benzene rings is 1. The molecule has 7 nitrogen and oxygen atoms in total. The number of rotatable bonds is 4. The van der Waals surface area contributed by atoms with Crippen molar-refractivity contribution in [3.63, 3.8) is 0 Å². The molecule has 2 fully saturated rings. The van der Waals surface area contributed by atoms with Gasteiger partial charge in [0.25, 0.3) is 5.91 Å². The molecule has 29 heavy (non-hydrogen) atoms. The zero-order chi connectivity index (χ0) is 19.5. The van der Waals surface area contributed by atoms with Crippen molar-refractivity contribution in [3.8, 4) is 0 Å². The lowest BCUT2D eigenvalue weighted by Gasteiger charge is -2.36. The molecular formula is C21H23ClN4O3. The fourth-order valence-corrected chi connectivity index (χ4v) is 3.82. The van der Waals surface area contributed by atoms with E-state index in [0.29, 0.717) is 25.1 Å². The quantitative estimate of drug-likeness (QED) is 0.740. The lowest BCUT2D eigenvalue weighted by molar-refractivity contribution is -0.125. The van der Waals surface area contributed by atoms with E-state index >= 15 is 0 Å². The van der Waals surface area contributed by atoms with Crippen LogP contribution in [0.5, 0.6) is 0 Å². The predicted molar refractivity (Wildman–Crippen MR) is 110 cm³/mol. The van der Waals surface area contributed by atoms with Crippen LogP contribution >= 0.6 is 12.4 Å². The molecule has 2 N–H and O–H groups in total. The van der Waals surface area contributed by atoms with Crippen LogP contribution in [0.2, 0.25) is 0 Å². The first-order valence-corrected chi connectivity index (χ1v) is 9.46. The molecule has 2 saturated heterocycles. The summed E-state index contributed by atoms with van der Waals surface area (Å²) in [6.45, 7) is 2.08. The summed E-state index contributed by atoms with van der Waals surface area (Å²) in [5.41, 5.74) is 2.57. The van der Waals surface area contributed by atoms with Gasteiger partial charge in [-0.25, -0.2) is 0 Å². The number of carbonyl (C=O) groups is 3. The van der Waals surface area contributed by atoms with E-state index in [2.05, 4.69) is 15.6 Å². The smallest absolute Gasteiger partial charge is 0.254 e. The maximum atomic E-state index is 13.1. The summed E-state index contributed by atoms with van der Waals surface area (Å²) in [6, 6.07) is 11.1. The second-order valence-electron chi connectivity index (χ2n) is 7.22. The average Bonchev–Trinajstić information content (AvgIpc) is 3.05. The third-order valence-corrected chi connectivity index (χ3v) is 5.32. The average molecular weight is 415 g/mol. The molecule has 2 aliphatic rings. The van der Waals surface area contributed by atoms with Gasteiger partial charge in [-0.15, -0.1) is 12.4 Å². The minimum atomic E-state index is -0.322. The van der Waals surface area contributed by atoms with Crippen LogP contribution < -0.4 is 10.6 Å². The Morgan fingerprint density at radius 2 is 1.97 bits per heavy atom. The first-order chi connectivity index (χ1) is 13.6. The van der Waals surface area contributed by atoms with Gasteiger partial charge in [0.2, 0.25) is 11.8 Å². The molecule has 3 heterocycles. The first kappa shape index (κ1) is 21.0. The van der Waals surface area contributed by atoms with E-state index in [9.17, 15) is 14.4 Å². The van der Waals surface area contributed by atoms with Gasteiger partial charge in [-0.1, -0.05) is 18.2 Å². The first-order valence-electron chi connectivity index (χ1n) is 9.46. The van der Waals surface area contributed by atoms with Crippen molar-refractivity contribution in [1.82, 2.24) is 20.5 Å². The van der Waals surface area contributed by atoms with Gasteiger partial charge in [-0.05, 0) is 35.7 Å². The summed E-state index contributed by atoms with van der Waals surface area (Å²) in [5.74, 6) is -0.778. The fourth-order valence-electron chi connectivity index (χ4n) is 3.82. The van der Waals surface area contributed by atoms with Gasteiger partial charge in [-0.3, -0.25) is 24.7 Å². The number of hydrogen-bond donors (Lipinski definition) is 2. The van der Waals surface area contributed by atoms with Crippen LogP contribution in [-0.4, -0.2) is 47.2 Å². The van der Waals surface area contributed by atoms with E-state index in [4.69, 9.17) is 0 Å². The van der Waals surface area contributed by atoms with Crippen LogP contribution in [0.25, 0.3) is 0 Å². The Hall–Kier alpha value is -2.77. The van der Waals surface area contributed by atoms with Crippen molar-refractivity contribution in [2.75, 3.05) is 19.6 Å². The standard InChI is InChI=1S/C21H22N4O3.ClH/c26-19-11-17(20(27)24-19)10-14-3-5-15(6-4-14)21(28)25-9-8-23-13-18(25)16-2-1-7-22-12-16;/h1-7,12,17-18,23H,8-11,13H2,(H,24,26,27);1H. The predicted octanol–water partition coefficient (Wildman–Crippen LogP) is 1.50. The lowest BCUT2D eigenvalue weighted by atomic mass is 9.96. The number of hydrogen-bond acceptors (Lipinski definition) is 5. The molecule has 2 aromatic rings. The van der Waals surface area contributed by atoms with Gasteiger partial charge in [0, 0.05) is 44.0 Å². The molecule has 0 saturated carbocycles. The van der Waals surface area contributed by atoms with Crippen LogP contribution in [0, 0.1) is 5.92 Å². The number of aromatic nitrogens is 1. The lowest BCUT2D eigenvalue weighted by Crippen LogP contribution is -2.48. The SMILES string of the molecule is Cl.O=C1CC(Cc2ccc(C(=O)N3CCNCC3c3cccnc3)cc2)C(=O)N1. The Morgan fingerprint density at radius 1 is 1.17 bits per heavy atom. The fraction of sp³-hybridized carbons (Fsp3) is 0.333. The molecule has 0 bridgehead atoms. The van der Waals surface area contributed by atoms with Gasteiger partial charge >= 0.3 is 0 Å². The van der Waals surface area contributed by atoms with E-state index in [1.54, 1.807) is 24.5 Å². The molecule has 0 aliphatic carbocycles. The topological polar surface area (TPSA) is 91.4 Å². The molecule has 1 aromatic heterocycles. The van der Waals surface area contributed by atoms with Crippen molar-refractivity contribution >= 4 is 30.1 Å². The second-order valence-corrected chi connectivity index (χ2v) is 7.22. The molecule has 0 radical (unpaired) electrons. The Morgan fingerprint density at radius 3 is 2.62 bits per heavy atom.